The number of rotatable bonds is 6. The van der Waals surface area contributed by atoms with Crippen LogP contribution in [0.5, 0.6) is 0 Å². The van der Waals surface area contributed by atoms with Gasteiger partial charge in [0.25, 0.3) is 0 Å². The van der Waals surface area contributed by atoms with Crippen LogP contribution in [-0.2, 0) is 0 Å². The van der Waals surface area contributed by atoms with E-state index in [1.165, 1.54) is 0 Å². The number of nitrogens with two attached hydrogens (primary N) is 1. The summed E-state index contributed by atoms with van der Waals surface area (Å²) in [6, 6.07) is 0. The zero-order chi connectivity index (χ0) is 14.6. The highest BCUT2D eigenvalue weighted by Gasteiger charge is 2.42. The van der Waals surface area contributed by atoms with E-state index in [1.54, 1.807) is 0 Å². The summed E-state index contributed by atoms with van der Waals surface area (Å²) in [4.78, 5) is 0. The first-order valence-corrected chi connectivity index (χ1v) is 7.00. The number of allylic oxidation sites excluding steroid dienone is 2. The topological polar surface area (TPSA) is 26.0 Å². The highest BCUT2D eigenvalue weighted by atomic mass is 14.8. The quantitative estimate of drug-likeness (QED) is 0.665. The van der Waals surface area contributed by atoms with Gasteiger partial charge in [-0.15, -0.1) is 6.58 Å². The van der Waals surface area contributed by atoms with Crippen molar-refractivity contribution in [2.24, 2.45) is 22.5 Å². The summed E-state index contributed by atoms with van der Waals surface area (Å²) in [5.74, 6) is 0.331. The Morgan fingerprint density at radius 1 is 1.11 bits per heavy atom. The molecule has 1 heteroatoms. The third-order valence-electron chi connectivity index (χ3n) is 4.21. The van der Waals surface area contributed by atoms with Gasteiger partial charge in [-0.05, 0) is 43.4 Å². The lowest BCUT2D eigenvalue weighted by Crippen LogP contribution is -2.55. The van der Waals surface area contributed by atoms with Gasteiger partial charge in [-0.25, -0.2) is 0 Å². The van der Waals surface area contributed by atoms with E-state index in [4.69, 9.17) is 5.73 Å². The third-order valence-corrected chi connectivity index (χ3v) is 4.21. The molecule has 0 aliphatic heterocycles. The Hall–Kier alpha value is -0.560. The SMILES string of the molecule is C=CC(CC(C)(C)C)C(C)(N)C(C)(C)C/C=C/C. The molecule has 0 amide bonds. The van der Waals surface area contributed by atoms with Crippen LogP contribution in [0.25, 0.3) is 0 Å². The van der Waals surface area contributed by atoms with Gasteiger partial charge >= 0.3 is 0 Å². The molecule has 0 radical (unpaired) electrons. The highest BCUT2D eigenvalue weighted by Crippen LogP contribution is 2.42. The summed E-state index contributed by atoms with van der Waals surface area (Å²) in [6.07, 6.45) is 8.43. The molecule has 2 N–H and O–H groups in total. The molecule has 2 unspecified atom stereocenters. The molecule has 0 aromatic carbocycles. The van der Waals surface area contributed by atoms with E-state index in [0.29, 0.717) is 5.92 Å². The maximum atomic E-state index is 6.69. The summed E-state index contributed by atoms with van der Waals surface area (Å²) in [5.41, 5.74) is 6.78. The Labute approximate surface area is 115 Å². The van der Waals surface area contributed by atoms with Gasteiger partial charge in [0.2, 0.25) is 0 Å². The van der Waals surface area contributed by atoms with E-state index in [0.717, 1.165) is 12.8 Å². The van der Waals surface area contributed by atoms with Gasteiger partial charge in [0.15, 0.2) is 0 Å². The van der Waals surface area contributed by atoms with Crippen LogP contribution in [0, 0.1) is 16.7 Å². The second-order valence-corrected chi connectivity index (χ2v) is 7.55. The first-order chi connectivity index (χ1) is 7.98. The zero-order valence-electron chi connectivity index (χ0n) is 13.5. The summed E-state index contributed by atoms with van der Waals surface area (Å²) >= 11 is 0. The maximum Gasteiger partial charge on any atom is 0.0244 e. The van der Waals surface area contributed by atoms with Gasteiger partial charge in [-0.1, -0.05) is 52.8 Å². The largest absolute Gasteiger partial charge is 0.324 e. The Morgan fingerprint density at radius 3 is 1.94 bits per heavy atom. The normalized spacial score (nSPS) is 18.7. The molecule has 0 heterocycles. The predicted molar refractivity (Wildman–Crippen MR) is 83.6 cm³/mol. The van der Waals surface area contributed by atoms with Crippen LogP contribution in [-0.4, -0.2) is 5.54 Å². The summed E-state index contributed by atoms with van der Waals surface area (Å²) in [7, 11) is 0. The van der Waals surface area contributed by atoms with E-state index in [2.05, 4.69) is 67.2 Å². The van der Waals surface area contributed by atoms with Gasteiger partial charge in [0.05, 0.1) is 0 Å². The molecular weight excluding hydrogens is 218 g/mol. The van der Waals surface area contributed by atoms with E-state index >= 15 is 0 Å². The smallest absolute Gasteiger partial charge is 0.0244 e. The molecule has 0 aromatic heterocycles. The van der Waals surface area contributed by atoms with Crippen LogP contribution in [0.2, 0.25) is 0 Å². The first kappa shape index (κ1) is 17.4. The van der Waals surface area contributed by atoms with E-state index in [-0.39, 0.29) is 16.4 Å². The molecule has 0 aliphatic rings. The molecular formula is C17H33N. The number of hydrogen-bond acceptors (Lipinski definition) is 1. The Bertz CT molecular complexity index is 289. The second kappa shape index (κ2) is 6.06. The minimum Gasteiger partial charge on any atom is -0.324 e. The van der Waals surface area contributed by atoms with Gasteiger partial charge in [0, 0.05) is 5.54 Å². The molecule has 1 nitrogen and oxygen atoms in total. The second-order valence-electron chi connectivity index (χ2n) is 7.55. The lowest BCUT2D eigenvalue weighted by atomic mass is 9.62. The molecule has 0 aliphatic carbocycles. The molecule has 0 rings (SSSR count). The maximum absolute atomic E-state index is 6.69. The minimum absolute atomic E-state index is 0.0591. The predicted octanol–water partition coefficient (Wildman–Crippen LogP) is 4.93. The summed E-state index contributed by atoms with van der Waals surface area (Å²) in [6.45, 7) is 19.5. The average molecular weight is 251 g/mol. The Balaban J connectivity index is 5.11. The fourth-order valence-electron chi connectivity index (χ4n) is 2.33. The molecule has 0 fully saturated rings. The monoisotopic (exact) mass is 251 g/mol. The van der Waals surface area contributed by atoms with Crippen molar-refractivity contribution in [2.75, 3.05) is 0 Å². The third kappa shape index (κ3) is 4.61. The van der Waals surface area contributed by atoms with Crippen molar-refractivity contribution in [3.63, 3.8) is 0 Å². The van der Waals surface area contributed by atoms with Crippen molar-refractivity contribution in [1.29, 1.82) is 0 Å². The van der Waals surface area contributed by atoms with Gasteiger partial charge in [-0.2, -0.15) is 0 Å². The Morgan fingerprint density at radius 2 is 1.61 bits per heavy atom. The van der Waals surface area contributed by atoms with Crippen LogP contribution >= 0.6 is 0 Å². The Kier molecular flexibility index (Phi) is 5.87. The van der Waals surface area contributed by atoms with E-state index in [9.17, 15) is 0 Å². The van der Waals surface area contributed by atoms with Crippen molar-refractivity contribution in [3.8, 4) is 0 Å². The molecule has 0 spiro atoms. The molecule has 0 bridgehead atoms. The van der Waals surface area contributed by atoms with Crippen molar-refractivity contribution in [1.82, 2.24) is 0 Å². The molecule has 106 valence electrons. The van der Waals surface area contributed by atoms with E-state index in [1.807, 2.05) is 6.08 Å². The van der Waals surface area contributed by atoms with Crippen LogP contribution in [0.4, 0.5) is 0 Å². The molecule has 0 saturated heterocycles. The van der Waals surface area contributed by atoms with Gasteiger partial charge in [0.1, 0.15) is 0 Å². The molecule has 2 atom stereocenters. The van der Waals surface area contributed by atoms with Crippen LogP contribution < -0.4 is 5.73 Å². The lowest BCUT2D eigenvalue weighted by Gasteiger charge is -2.47. The average Bonchev–Trinajstić information content (AvgIpc) is 2.21. The molecule has 18 heavy (non-hydrogen) atoms. The van der Waals surface area contributed by atoms with Crippen molar-refractivity contribution in [3.05, 3.63) is 24.8 Å². The van der Waals surface area contributed by atoms with Crippen LogP contribution in [0.15, 0.2) is 24.8 Å². The van der Waals surface area contributed by atoms with Crippen LogP contribution in [0.1, 0.15) is 61.3 Å². The highest BCUT2D eigenvalue weighted by molar-refractivity contribution is 5.07. The summed E-state index contributed by atoms with van der Waals surface area (Å²) < 4.78 is 0. The number of hydrogen-bond donors (Lipinski definition) is 1. The zero-order valence-corrected chi connectivity index (χ0v) is 13.5. The minimum atomic E-state index is -0.248. The first-order valence-electron chi connectivity index (χ1n) is 7.00. The standard InChI is InChI=1S/C17H33N/c1-9-11-12-16(6,7)17(8,18)14(10-2)13-15(3,4)5/h9-11,14H,2,12-13,18H2,1,3-8H3/b11-9+. The van der Waals surface area contributed by atoms with Gasteiger partial charge < -0.3 is 5.73 Å². The van der Waals surface area contributed by atoms with E-state index < -0.39 is 0 Å². The van der Waals surface area contributed by atoms with Crippen molar-refractivity contribution < 1.29 is 0 Å². The molecule has 0 aromatic rings. The summed E-state index contributed by atoms with van der Waals surface area (Å²) in [5, 5.41) is 0. The van der Waals surface area contributed by atoms with Gasteiger partial charge in [-0.3, -0.25) is 0 Å². The molecule has 0 saturated carbocycles. The van der Waals surface area contributed by atoms with Crippen molar-refractivity contribution in [2.45, 2.75) is 66.8 Å². The lowest BCUT2D eigenvalue weighted by molar-refractivity contribution is 0.110. The fourth-order valence-corrected chi connectivity index (χ4v) is 2.33. The fraction of sp³-hybridized carbons (Fsp3) is 0.765. The van der Waals surface area contributed by atoms with Crippen molar-refractivity contribution >= 4 is 0 Å². The van der Waals surface area contributed by atoms with Crippen LogP contribution in [0.3, 0.4) is 0 Å².